The molecule has 1 N–H and O–H groups in total. The van der Waals surface area contributed by atoms with Gasteiger partial charge in [-0.25, -0.2) is 12.8 Å². The standard InChI is InChI=1S/C14H14FNO4S/c1-2-10-6-7-11(9-12(10)15)21(19,20)16-8-4-3-5-13(16)14(17)18/h1,6-7,9,13H,3-5,8H2,(H,17,18). The molecule has 21 heavy (non-hydrogen) atoms. The van der Waals surface area contributed by atoms with Crippen molar-refractivity contribution in [2.24, 2.45) is 0 Å². The molecule has 1 saturated heterocycles. The number of rotatable bonds is 3. The molecule has 0 radical (unpaired) electrons. The van der Waals surface area contributed by atoms with Crippen LogP contribution in [0.5, 0.6) is 0 Å². The zero-order chi connectivity index (χ0) is 15.6. The fourth-order valence-corrected chi connectivity index (χ4v) is 4.01. The Balaban J connectivity index is 2.43. The number of sulfonamides is 1. The van der Waals surface area contributed by atoms with Gasteiger partial charge in [0, 0.05) is 6.54 Å². The predicted octanol–water partition coefficient (Wildman–Crippen LogP) is 1.43. The number of carboxylic acid groups (broad SMARTS) is 1. The molecular weight excluding hydrogens is 297 g/mol. The summed E-state index contributed by atoms with van der Waals surface area (Å²) in [5.41, 5.74) is -0.0395. The minimum absolute atomic E-state index is 0.0395. The van der Waals surface area contributed by atoms with Crippen LogP contribution in [0, 0.1) is 18.2 Å². The molecule has 0 spiro atoms. The molecule has 1 aromatic carbocycles. The molecule has 0 aromatic heterocycles. The molecule has 2 rings (SSSR count). The van der Waals surface area contributed by atoms with Crippen LogP contribution < -0.4 is 0 Å². The predicted molar refractivity (Wildman–Crippen MR) is 73.5 cm³/mol. The van der Waals surface area contributed by atoms with Crippen molar-refractivity contribution in [2.45, 2.75) is 30.2 Å². The van der Waals surface area contributed by atoms with E-state index >= 15 is 0 Å². The van der Waals surface area contributed by atoms with Gasteiger partial charge < -0.3 is 5.11 Å². The molecular formula is C14H14FNO4S. The SMILES string of the molecule is C#Cc1ccc(S(=O)(=O)N2CCCCC2C(=O)O)cc1F. The molecule has 1 atom stereocenters. The van der Waals surface area contributed by atoms with Crippen molar-refractivity contribution in [2.75, 3.05) is 6.54 Å². The fourth-order valence-electron chi connectivity index (χ4n) is 2.35. The highest BCUT2D eigenvalue weighted by atomic mass is 32.2. The zero-order valence-electron chi connectivity index (χ0n) is 11.1. The Kier molecular flexibility index (Phi) is 4.30. The van der Waals surface area contributed by atoms with Crippen LogP contribution in [0.3, 0.4) is 0 Å². The Morgan fingerprint density at radius 3 is 2.71 bits per heavy atom. The monoisotopic (exact) mass is 311 g/mol. The number of benzene rings is 1. The van der Waals surface area contributed by atoms with Crippen molar-refractivity contribution in [1.82, 2.24) is 4.31 Å². The third kappa shape index (κ3) is 2.91. The summed E-state index contributed by atoms with van der Waals surface area (Å²) >= 11 is 0. The molecule has 1 aliphatic heterocycles. The van der Waals surface area contributed by atoms with Crippen LogP contribution in [-0.2, 0) is 14.8 Å². The number of terminal acetylenes is 1. The minimum atomic E-state index is -4.06. The number of carbonyl (C=O) groups is 1. The van der Waals surface area contributed by atoms with E-state index in [1.807, 2.05) is 0 Å². The highest BCUT2D eigenvalue weighted by Crippen LogP contribution is 2.26. The van der Waals surface area contributed by atoms with E-state index < -0.39 is 27.9 Å². The maximum Gasteiger partial charge on any atom is 0.322 e. The fraction of sp³-hybridized carbons (Fsp3) is 0.357. The van der Waals surface area contributed by atoms with Crippen LogP contribution in [0.25, 0.3) is 0 Å². The normalized spacial score (nSPS) is 19.9. The van der Waals surface area contributed by atoms with Gasteiger partial charge >= 0.3 is 5.97 Å². The van der Waals surface area contributed by atoms with E-state index in [0.717, 1.165) is 10.4 Å². The van der Waals surface area contributed by atoms with Gasteiger partial charge in [-0.2, -0.15) is 4.31 Å². The Morgan fingerprint density at radius 1 is 1.43 bits per heavy atom. The molecule has 0 aliphatic carbocycles. The quantitative estimate of drug-likeness (QED) is 0.857. The molecule has 112 valence electrons. The topological polar surface area (TPSA) is 74.7 Å². The van der Waals surface area contributed by atoms with Crippen molar-refractivity contribution in [1.29, 1.82) is 0 Å². The number of nitrogens with zero attached hydrogens (tertiary/aromatic N) is 1. The summed E-state index contributed by atoms with van der Waals surface area (Å²) in [4.78, 5) is 10.9. The second-order valence-corrected chi connectivity index (χ2v) is 6.64. The second-order valence-electron chi connectivity index (χ2n) is 4.75. The van der Waals surface area contributed by atoms with Gasteiger partial charge in [0.05, 0.1) is 10.5 Å². The summed E-state index contributed by atoms with van der Waals surface area (Å²) in [5, 5.41) is 9.15. The molecule has 5 nitrogen and oxygen atoms in total. The number of carboxylic acids is 1. The second kappa shape index (κ2) is 5.84. The maximum absolute atomic E-state index is 13.7. The van der Waals surface area contributed by atoms with Crippen LogP contribution in [0.2, 0.25) is 0 Å². The number of hydrogen-bond acceptors (Lipinski definition) is 3. The third-order valence-corrected chi connectivity index (χ3v) is 5.35. The average molecular weight is 311 g/mol. The Labute approximate surface area is 122 Å². The van der Waals surface area contributed by atoms with E-state index in [2.05, 4.69) is 5.92 Å². The van der Waals surface area contributed by atoms with Crippen LogP contribution >= 0.6 is 0 Å². The highest BCUT2D eigenvalue weighted by Gasteiger charge is 2.37. The zero-order valence-corrected chi connectivity index (χ0v) is 11.9. The van der Waals surface area contributed by atoms with E-state index in [1.165, 1.54) is 12.1 Å². The third-order valence-electron chi connectivity index (χ3n) is 3.44. The van der Waals surface area contributed by atoms with Gasteiger partial charge in [-0.3, -0.25) is 4.79 Å². The first-order chi connectivity index (χ1) is 9.87. The van der Waals surface area contributed by atoms with Crippen molar-refractivity contribution in [3.63, 3.8) is 0 Å². The first-order valence-corrected chi connectivity index (χ1v) is 7.82. The van der Waals surface area contributed by atoms with E-state index in [0.29, 0.717) is 12.8 Å². The smallest absolute Gasteiger partial charge is 0.322 e. The summed E-state index contributed by atoms with van der Waals surface area (Å²) in [5.74, 6) is 0.0904. The summed E-state index contributed by atoms with van der Waals surface area (Å²) in [7, 11) is -4.06. The molecule has 1 aromatic rings. The lowest BCUT2D eigenvalue weighted by molar-refractivity contribution is -0.142. The number of aliphatic carboxylic acids is 1. The van der Waals surface area contributed by atoms with E-state index in [4.69, 9.17) is 11.5 Å². The van der Waals surface area contributed by atoms with Crippen molar-refractivity contribution in [3.05, 3.63) is 29.6 Å². The van der Waals surface area contributed by atoms with Gasteiger partial charge in [-0.05, 0) is 37.5 Å². The van der Waals surface area contributed by atoms with Gasteiger partial charge in [0.25, 0.3) is 0 Å². The lowest BCUT2D eigenvalue weighted by Gasteiger charge is -2.31. The Bertz CT molecular complexity index is 708. The summed E-state index contributed by atoms with van der Waals surface area (Å²) in [6.45, 7) is 0.109. The number of piperidine rings is 1. The molecule has 1 heterocycles. The lowest BCUT2D eigenvalue weighted by atomic mass is 10.1. The summed E-state index contributed by atoms with van der Waals surface area (Å²) in [6, 6.07) is 2.11. The van der Waals surface area contributed by atoms with Gasteiger partial charge in [0.2, 0.25) is 10.0 Å². The van der Waals surface area contributed by atoms with Crippen LogP contribution in [0.4, 0.5) is 4.39 Å². The summed E-state index contributed by atoms with van der Waals surface area (Å²) < 4.78 is 39.6. The van der Waals surface area contributed by atoms with Crippen molar-refractivity contribution < 1.29 is 22.7 Å². The molecule has 1 aliphatic rings. The summed E-state index contributed by atoms with van der Waals surface area (Å²) in [6.07, 6.45) is 6.56. The van der Waals surface area contributed by atoms with Crippen molar-refractivity contribution >= 4 is 16.0 Å². The number of halogens is 1. The first-order valence-electron chi connectivity index (χ1n) is 6.38. The van der Waals surface area contributed by atoms with Crippen molar-refractivity contribution in [3.8, 4) is 12.3 Å². The molecule has 0 amide bonds. The highest BCUT2D eigenvalue weighted by molar-refractivity contribution is 7.89. The molecule has 7 heteroatoms. The molecule has 0 bridgehead atoms. The average Bonchev–Trinajstić information content (AvgIpc) is 2.47. The van der Waals surface area contributed by atoms with Gasteiger partial charge in [0.15, 0.2) is 0 Å². The largest absolute Gasteiger partial charge is 0.480 e. The Hall–Kier alpha value is -1.91. The van der Waals surface area contributed by atoms with E-state index in [1.54, 1.807) is 0 Å². The Morgan fingerprint density at radius 2 is 2.14 bits per heavy atom. The molecule has 1 fully saturated rings. The van der Waals surface area contributed by atoms with Gasteiger partial charge in [-0.15, -0.1) is 6.42 Å². The van der Waals surface area contributed by atoms with Crippen LogP contribution in [-0.4, -0.2) is 36.4 Å². The lowest BCUT2D eigenvalue weighted by Crippen LogP contribution is -2.47. The number of hydrogen-bond donors (Lipinski definition) is 1. The van der Waals surface area contributed by atoms with Crippen LogP contribution in [0.1, 0.15) is 24.8 Å². The van der Waals surface area contributed by atoms with E-state index in [-0.39, 0.29) is 23.4 Å². The minimum Gasteiger partial charge on any atom is -0.480 e. The van der Waals surface area contributed by atoms with E-state index in [9.17, 15) is 17.6 Å². The van der Waals surface area contributed by atoms with Crippen LogP contribution in [0.15, 0.2) is 23.1 Å². The van der Waals surface area contributed by atoms with Gasteiger partial charge in [-0.1, -0.05) is 5.92 Å². The maximum atomic E-state index is 13.7. The molecule has 0 saturated carbocycles. The molecule has 1 unspecified atom stereocenters. The first kappa shape index (κ1) is 15.5. The van der Waals surface area contributed by atoms with Gasteiger partial charge in [0.1, 0.15) is 11.9 Å².